The van der Waals surface area contributed by atoms with E-state index in [9.17, 15) is 18.7 Å². The molecule has 0 saturated heterocycles. The summed E-state index contributed by atoms with van der Waals surface area (Å²) in [6, 6.07) is 7.02. The molecule has 0 aliphatic carbocycles. The summed E-state index contributed by atoms with van der Waals surface area (Å²) in [4.78, 5) is 25.0. The van der Waals surface area contributed by atoms with Crippen LogP contribution in [0, 0.1) is 0 Å². The molecule has 9 nitrogen and oxygen atoms in total. The summed E-state index contributed by atoms with van der Waals surface area (Å²) in [5, 5.41) is 4.62. The molecule has 5 atom stereocenters. The molecule has 0 bridgehead atoms. The number of carbonyl (C=O) groups excluding carboxylic acids is 2. The quantitative estimate of drug-likeness (QED) is 0.248. The Labute approximate surface area is 210 Å². The first kappa shape index (κ1) is 31.4. The van der Waals surface area contributed by atoms with E-state index in [0.29, 0.717) is 5.75 Å². The van der Waals surface area contributed by atoms with E-state index in [1.807, 2.05) is 19.9 Å². The van der Waals surface area contributed by atoms with Crippen LogP contribution in [0.4, 0.5) is 0 Å². The predicted octanol–water partition coefficient (Wildman–Crippen LogP) is 5.15. The lowest BCUT2D eigenvalue weighted by Gasteiger charge is -2.37. The zero-order valence-electron chi connectivity index (χ0n) is 22.3. The fraction of sp³-hybridized carbons (Fsp3) is 0.667. The Morgan fingerprint density at radius 1 is 0.943 bits per heavy atom. The zero-order chi connectivity index (χ0) is 27.0. The van der Waals surface area contributed by atoms with Gasteiger partial charge >= 0.3 is 19.5 Å². The van der Waals surface area contributed by atoms with Gasteiger partial charge in [0.1, 0.15) is 31.9 Å². The SMILES string of the molecule is CC(C)OC(=O)[C@H](C)N[P@](=O)(Oc1ccccc1)C(C)(C)CC(C)OC(=O)[C@@H](C)N[PH](=O)C(C)C. The molecule has 11 heteroatoms. The second kappa shape index (κ2) is 13.6. The Bertz CT molecular complexity index is 906. The van der Waals surface area contributed by atoms with Crippen molar-refractivity contribution in [2.75, 3.05) is 0 Å². The molecule has 0 heterocycles. The van der Waals surface area contributed by atoms with Crippen molar-refractivity contribution in [3.05, 3.63) is 30.3 Å². The molecule has 2 unspecified atom stereocenters. The number of hydrogen-bond donors (Lipinski definition) is 2. The third-order valence-corrected chi connectivity index (χ3v) is 9.92. The Morgan fingerprint density at radius 3 is 2.00 bits per heavy atom. The van der Waals surface area contributed by atoms with E-state index in [1.165, 1.54) is 0 Å². The highest BCUT2D eigenvalue weighted by atomic mass is 31.2. The Kier molecular flexibility index (Phi) is 12.2. The highest BCUT2D eigenvalue weighted by molar-refractivity contribution is 7.59. The van der Waals surface area contributed by atoms with Crippen LogP contribution in [0.5, 0.6) is 5.75 Å². The lowest BCUT2D eigenvalue weighted by atomic mass is 10.1. The average Bonchev–Trinajstić information content (AvgIpc) is 2.72. The maximum absolute atomic E-state index is 14.2. The van der Waals surface area contributed by atoms with E-state index in [2.05, 4.69) is 10.2 Å². The Morgan fingerprint density at radius 2 is 1.49 bits per heavy atom. The Hall–Kier alpha value is -1.66. The molecular weight excluding hydrogens is 490 g/mol. The van der Waals surface area contributed by atoms with Crippen LogP contribution >= 0.6 is 15.5 Å². The van der Waals surface area contributed by atoms with E-state index in [-0.39, 0.29) is 18.2 Å². The minimum atomic E-state index is -3.76. The zero-order valence-corrected chi connectivity index (χ0v) is 24.2. The van der Waals surface area contributed by atoms with Crippen molar-refractivity contribution in [3.8, 4) is 5.75 Å². The standard InChI is InChI=1S/C24H42N2O7P2/c1-16(2)31-23(28)20(7)26-35(30,33-21-13-11-10-12-14-21)24(8,9)15-18(5)32-22(27)19(6)25-34(29)17(3)4/h10-14,16-20,34H,15H2,1-9H3,(H,25,29)(H,26,30)/t18?,19-,20+,35-/m1/s1. The number of esters is 2. The van der Waals surface area contributed by atoms with Crippen molar-refractivity contribution in [2.45, 2.75) is 104 Å². The first-order chi connectivity index (χ1) is 16.1. The molecule has 0 aliphatic rings. The fourth-order valence-electron chi connectivity index (χ4n) is 3.20. The monoisotopic (exact) mass is 532 g/mol. The van der Waals surface area contributed by atoms with Crippen LogP contribution in [0.2, 0.25) is 0 Å². The van der Waals surface area contributed by atoms with Gasteiger partial charge in [-0.1, -0.05) is 32.0 Å². The van der Waals surface area contributed by atoms with Crippen molar-refractivity contribution in [1.29, 1.82) is 0 Å². The number of benzene rings is 1. The normalized spacial score (nSPS) is 17.2. The summed E-state index contributed by atoms with van der Waals surface area (Å²) in [5.41, 5.74) is -0.0805. The van der Waals surface area contributed by atoms with Gasteiger partial charge < -0.3 is 18.6 Å². The average molecular weight is 533 g/mol. The first-order valence-corrected chi connectivity index (χ1v) is 15.0. The van der Waals surface area contributed by atoms with Crippen LogP contribution in [0.25, 0.3) is 0 Å². The van der Waals surface area contributed by atoms with Crippen LogP contribution in [0.15, 0.2) is 30.3 Å². The molecule has 0 amide bonds. The van der Waals surface area contributed by atoms with Gasteiger partial charge in [0.05, 0.1) is 11.3 Å². The number of para-hydroxylation sites is 1. The van der Waals surface area contributed by atoms with E-state index >= 15 is 0 Å². The molecule has 1 aromatic carbocycles. The summed E-state index contributed by atoms with van der Waals surface area (Å²) >= 11 is 0. The number of carbonyl (C=O) groups is 2. The molecule has 2 N–H and O–H groups in total. The highest BCUT2D eigenvalue weighted by Crippen LogP contribution is 2.57. The van der Waals surface area contributed by atoms with Gasteiger partial charge in [-0.25, -0.2) is 5.09 Å². The van der Waals surface area contributed by atoms with Gasteiger partial charge in [0.25, 0.3) is 0 Å². The summed E-state index contributed by atoms with van der Waals surface area (Å²) in [6.07, 6.45) is -0.778. The maximum atomic E-state index is 14.2. The first-order valence-electron chi connectivity index (χ1n) is 11.9. The minimum Gasteiger partial charge on any atom is -0.462 e. The number of ether oxygens (including phenoxy) is 2. The van der Waals surface area contributed by atoms with E-state index in [0.717, 1.165) is 0 Å². The van der Waals surface area contributed by atoms with Gasteiger partial charge in [0, 0.05) is 12.1 Å². The van der Waals surface area contributed by atoms with Crippen LogP contribution in [-0.2, 0) is 28.2 Å². The largest absolute Gasteiger partial charge is 0.462 e. The van der Waals surface area contributed by atoms with E-state index < -0.39 is 50.8 Å². The summed E-state index contributed by atoms with van der Waals surface area (Å²) in [5.74, 6) is -0.720. The predicted molar refractivity (Wildman–Crippen MR) is 139 cm³/mol. The van der Waals surface area contributed by atoms with Crippen LogP contribution in [-0.4, -0.2) is 47.0 Å². The molecule has 0 saturated carbocycles. The molecule has 0 radical (unpaired) electrons. The van der Waals surface area contributed by atoms with Crippen molar-refractivity contribution in [3.63, 3.8) is 0 Å². The summed E-state index contributed by atoms with van der Waals surface area (Å²) in [7, 11) is -5.88. The minimum absolute atomic E-state index is 0.0805. The van der Waals surface area contributed by atoms with Gasteiger partial charge in [-0.2, -0.15) is 0 Å². The second-order valence-electron chi connectivity index (χ2n) is 9.94. The molecule has 1 rings (SSSR count). The Balaban J connectivity index is 3.05. The topological polar surface area (TPSA) is 120 Å². The van der Waals surface area contributed by atoms with Crippen molar-refractivity contribution >= 4 is 27.4 Å². The number of hydrogen-bond acceptors (Lipinski definition) is 7. The molecule has 0 aromatic heterocycles. The van der Waals surface area contributed by atoms with Gasteiger partial charge in [-0.3, -0.25) is 19.2 Å². The van der Waals surface area contributed by atoms with Gasteiger partial charge in [0.2, 0.25) is 0 Å². The molecule has 0 aliphatic heterocycles. The smallest absolute Gasteiger partial charge is 0.323 e. The second-order valence-corrected chi connectivity index (χ2v) is 14.9. The third-order valence-electron chi connectivity index (χ3n) is 5.18. The number of nitrogens with one attached hydrogen (secondary N) is 2. The van der Waals surface area contributed by atoms with Crippen molar-refractivity contribution in [1.82, 2.24) is 10.2 Å². The highest BCUT2D eigenvalue weighted by Gasteiger charge is 2.46. The van der Waals surface area contributed by atoms with Crippen molar-refractivity contribution < 1.29 is 32.7 Å². The molecule has 0 fully saturated rings. The van der Waals surface area contributed by atoms with Gasteiger partial charge in [-0.15, -0.1) is 0 Å². The third kappa shape index (κ3) is 10.1. The lowest BCUT2D eigenvalue weighted by Crippen LogP contribution is -2.43. The van der Waals surface area contributed by atoms with Crippen LogP contribution in [0.1, 0.15) is 68.7 Å². The molecular formula is C24H42N2O7P2. The van der Waals surface area contributed by atoms with E-state index in [1.54, 1.807) is 72.7 Å². The van der Waals surface area contributed by atoms with Gasteiger partial charge in [0.15, 0.2) is 0 Å². The van der Waals surface area contributed by atoms with Gasteiger partial charge in [-0.05, 0) is 60.6 Å². The van der Waals surface area contributed by atoms with Crippen LogP contribution in [0.3, 0.4) is 0 Å². The van der Waals surface area contributed by atoms with E-state index in [4.69, 9.17) is 14.0 Å². The maximum Gasteiger partial charge on any atom is 0.323 e. The summed E-state index contributed by atoms with van der Waals surface area (Å²) in [6.45, 7) is 15.4. The molecule has 200 valence electrons. The molecule has 35 heavy (non-hydrogen) atoms. The molecule has 1 aromatic rings. The fourth-order valence-corrected chi connectivity index (χ4v) is 6.26. The number of rotatable bonds is 14. The van der Waals surface area contributed by atoms with Crippen LogP contribution < -0.4 is 14.7 Å². The summed E-state index contributed by atoms with van der Waals surface area (Å²) < 4.78 is 43.1. The lowest BCUT2D eigenvalue weighted by molar-refractivity contribution is -0.150. The molecule has 0 spiro atoms. The van der Waals surface area contributed by atoms with Crippen molar-refractivity contribution in [2.24, 2.45) is 0 Å².